The lowest BCUT2D eigenvalue weighted by Gasteiger charge is -2.22. The summed E-state index contributed by atoms with van der Waals surface area (Å²) in [5, 5.41) is 12.3. The summed E-state index contributed by atoms with van der Waals surface area (Å²) in [5.41, 5.74) is 0.714. The highest BCUT2D eigenvalue weighted by molar-refractivity contribution is 6.14. The quantitative estimate of drug-likeness (QED) is 0.508. The maximum atomic E-state index is 13.1. The van der Waals surface area contributed by atoms with Crippen LogP contribution in [0, 0.1) is 11.3 Å². The Balaban J connectivity index is 1.63. The second kappa shape index (κ2) is 7.48. The van der Waals surface area contributed by atoms with Crippen molar-refractivity contribution in [2.45, 2.75) is 25.4 Å². The first kappa shape index (κ1) is 19.4. The third-order valence-electron chi connectivity index (χ3n) is 5.48. The van der Waals surface area contributed by atoms with Gasteiger partial charge in [-0.2, -0.15) is 5.26 Å². The van der Waals surface area contributed by atoms with Crippen LogP contribution in [-0.2, 0) is 16.9 Å². The topological polar surface area (TPSA) is 95.2 Å². The molecule has 0 radical (unpaired) electrons. The van der Waals surface area contributed by atoms with Crippen molar-refractivity contribution in [3.8, 4) is 6.07 Å². The average molecular weight is 400 g/mol. The maximum Gasteiger partial charge on any atom is 0.325 e. The minimum absolute atomic E-state index is 0.314. The predicted octanol–water partition coefficient (Wildman–Crippen LogP) is 3.20. The number of imide groups is 1. The number of carbonyl (C=O) groups excluding carboxylic acids is 3. The van der Waals surface area contributed by atoms with E-state index in [1.54, 1.807) is 37.4 Å². The molecule has 1 aliphatic rings. The molecule has 2 heterocycles. The lowest BCUT2D eigenvalue weighted by atomic mass is 9.92. The third kappa shape index (κ3) is 3.12. The minimum atomic E-state index is -1.21. The molecule has 0 spiro atoms. The summed E-state index contributed by atoms with van der Waals surface area (Å²) in [6, 6.07) is 17.9. The number of para-hydroxylation sites is 1. The lowest BCUT2D eigenvalue weighted by Crippen LogP contribution is -2.41. The number of aryl methyl sites for hydroxylation is 1. The number of Topliss-reactive ketones (excluding diaryl/α,β-unsaturated/α-hetero) is 1. The van der Waals surface area contributed by atoms with Crippen molar-refractivity contribution in [2.75, 3.05) is 6.54 Å². The van der Waals surface area contributed by atoms with Gasteiger partial charge in [0, 0.05) is 29.2 Å². The van der Waals surface area contributed by atoms with Crippen LogP contribution in [-0.4, -0.2) is 33.7 Å². The molecule has 1 atom stereocenters. The Kier molecular flexibility index (Phi) is 4.84. The Morgan fingerprint density at radius 3 is 2.53 bits per heavy atom. The summed E-state index contributed by atoms with van der Waals surface area (Å²) in [7, 11) is 0. The van der Waals surface area contributed by atoms with Crippen LogP contribution in [0.4, 0.5) is 4.79 Å². The van der Waals surface area contributed by atoms with Gasteiger partial charge in [0.15, 0.2) is 5.78 Å². The van der Waals surface area contributed by atoms with Gasteiger partial charge in [0.1, 0.15) is 5.54 Å². The minimum Gasteiger partial charge on any atom is -0.346 e. The molecule has 30 heavy (non-hydrogen) atoms. The summed E-state index contributed by atoms with van der Waals surface area (Å²) in [6.07, 6.45) is 2.01. The van der Waals surface area contributed by atoms with Crippen LogP contribution < -0.4 is 5.32 Å². The zero-order valence-corrected chi connectivity index (χ0v) is 16.5. The van der Waals surface area contributed by atoms with Gasteiger partial charge < -0.3 is 9.88 Å². The number of nitriles is 1. The highest BCUT2D eigenvalue weighted by atomic mass is 16.2. The van der Waals surface area contributed by atoms with Gasteiger partial charge in [0.25, 0.3) is 5.91 Å². The van der Waals surface area contributed by atoms with E-state index in [0.29, 0.717) is 24.1 Å². The number of nitrogens with one attached hydrogen (secondary N) is 1. The fourth-order valence-electron chi connectivity index (χ4n) is 3.86. The Morgan fingerprint density at radius 1 is 1.10 bits per heavy atom. The van der Waals surface area contributed by atoms with Crippen molar-refractivity contribution in [3.63, 3.8) is 0 Å². The molecule has 1 aromatic heterocycles. The summed E-state index contributed by atoms with van der Waals surface area (Å²) < 4.78 is 1.85. The van der Waals surface area contributed by atoms with Gasteiger partial charge in [0.05, 0.1) is 19.0 Å². The van der Waals surface area contributed by atoms with Crippen molar-refractivity contribution in [1.82, 2.24) is 14.8 Å². The van der Waals surface area contributed by atoms with E-state index in [1.165, 1.54) is 0 Å². The van der Waals surface area contributed by atoms with Crippen molar-refractivity contribution in [1.29, 1.82) is 5.26 Å². The van der Waals surface area contributed by atoms with Gasteiger partial charge in [-0.25, -0.2) is 4.79 Å². The first-order valence-corrected chi connectivity index (χ1v) is 9.63. The molecule has 0 bridgehead atoms. The van der Waals surface area contributed by atoms with E-state index in [1.807, 2.05) is 34.9 Å². The van der Waals surface area contributed by atoms with Crippen LogP contribution in [0.15, 0.2) is 60.8 Å². The molecule has 3 amide bonds. The van der Waals surface area contributed by atoms with Crippen LogP contribution in [0.2, 0.25) is 0 Å². The van der Waals surface area contributed by atoms with E-state index >= 15 is 0 Å². The highest BCUT2D eigenvalue weighted by Crippen LogP contribution is 2.29. The van der Waals surface area contributed by atoms with Gasteiger partial charge in [-0.3, -0.25) is 14.5 Å². The summed E-state index contributed by atoms with van der Waals surface area (Å²) in [5.74, 6) is -0.789. The molecule has 0 aliphatic carbocycles. The van der Waals surface area contributed by atoms with Crippen LogP contribution in [0.25, 0.3) is 10.9 Å². The molecule has 7 nitrogen and oxygen atoms in total. The van der Waals surface area contributed by atoms with E-state index in [-0.39, 0.29) is 12.3 Å². The zero-order valence-electron chi connectivity index (χ0n) is 16.5. The number of hydrogen-bond donors (Lipinski definition) is 1. The number of amides is 3. The van der Waals surface area contributed by atoms with Crippen LogP contribution >= 0.6 is 0 Å². The number of urea groups is 1. The molecule has 1 saturated heterocycles. The average Bonchev–Trinajstić information content (AvgIpc) is 3.24. The molecule has 2 aromatic carbocycles. The van der Waals surface area contributed by atoms with Gasteiger partial charge in [-0.1, -0.05) is 48.5 Å². The fraction of sp³-hybridized carbons (Fsp3) is 0.217. The monoisotopic (exact) mass is 400 g/mol. The molecule has 1 fully saturated rings. The second-order valence-corrected chi connectivity index (χ2v) is 7.40. The Bertz CT molecular complexity index is 1190. The van der Waals surface area contributed by atoms with Crippen LogP contribution in [0.3, 0.4) is 0 Å². The highest BCUT2D eigenvalue weighted by Gasteiger charge is 2.49. The van der Waals surface area contributed by atoms with Gasteiger partial charge in [-0.15, -0.1) is 0 Å². The number of carbonyl (C=O) groups is 3. The molecule has 3 aromatic rings. The largest absolute Gasteiger partial charge is 0.346 e. The molecule has 0 saturated carbocycles. The zero-order chi connectivity index (χ0) is 21.3. The van der Waals surface area contributed by atoms with Crippen LogP contribution in [0.1, 0.15) is 29.3 Å². The molecule has 4 rings (SSSR count). The van der Waals surface area contributed by atoms with Crippen molar-refractivity contribution in [3.05, 3.63) is 71.9 Å². The van der Waals surface area contributed by atoms with E-state index in [0.717, 1.165) is 15.8 Å². The molecule has 1 N–H and O–H groups in total. The van der Waals surface area contributed by atoms with E-state index in [9.17, 15) is 14.4 Å². The van der Waals surface area contributed by atoms with E-state index < -0.39 is 17.5 Å². The van der Waals surface area contributed by atoms with E-state index in [2.05, 4.69) is 11.4 Å². The number of nitrogens with zero attached hydrogens (tertiary/aromatic N) is 3. The molecular weight excluding hydrogens is 380 g/mol. The molecular formula is C23H20N4O3. The lowest BCUT2D eigenvalue weighted by molar-refractivity contribution is -0.130. The smallest absolute Gasteiger partial charge is 0.325 e. The molecule has 1 aliphatic heterocycles. The number of aromatic nitrogens is 1. The van der Waals surface area contributed by atoms with Crippen molar-refractivity contribution in [2.24, 2.45) is 0 Å². The summed E-state index contributed by atoms with van der Waals surface area (Å²) >= 11 is 0. The van der Waals surface area contributed by atoms with E-state index in [4.69, 9.17) is 5.26 Å². The SMILES string of the molecule is C[C@@]1(c2ccccc2)NC(=O)N(CC(=O)c2cn(CCC#N)c3ccccc23)C1=O. The van der Waals surface area contributed by atoms with Crippen LogP contribution in [0.5, 0.6) is 0 Å². The molecule has 150 valence electrons. The number of hydrogen-bond acceptors (Lipinski definition) is 4. The number of ketones is 1. The Morgan fingerprint density at radius 2 is 1.80 bits per heavy atom. The second-order valence-electron chi connectivity index (χ2n) is 7.40. The Labute approximate surface area is 173 Å². The maximum absolute atomic E-state index is 13.1. The normalized spacial score (nSPS) is 18.5. The Hall–Kier alpha value is -3.92. The van der Waals surface area contributed by atoms with Crippen molar-refractivity contribution < 1.29 is 14.4 Å². The first-order valence-electron chi connectivity index (χ1n) is 9.63. The summed E-state index contributed by atoms with van der Waals surface area (Å²) in [6.45, 7) is 1.75. The standard InChI is InChI=1S/C23H20N4O3/c1-23(16-8-3-2-4-9-16)21(29)27(22(30)25-23)15-20(28)18-14-26(13-7-12-24)19-11-6-5-10-17(18)19/h2-6,8-11,14H,7,13,15H2,1H3,(H,25,30)/t23-/m0/s1. The number of rotatable bonds is 6. The number of benzene rings is 2. The predicted molar refractivity (Wildman–Crippen MR) is 111 cm³/mol. The molecule has 7 heteroatoms. The van der Waals surface area contributed by atoms with Crippen molar-refractivity contribution >= 4 is 28.6 Å². The fourth-order valence-corrected chi connectivity index (χ4v) is 3.86. The van der Waals surface area contributed by atoms with Gasteiger partial charge in [-0.05, 0) is 18.6 Å². The summed E-state index contributed by atoms with van der Waals surface area (Å²) in [4.78, 5) is 39.7. The molecule has 0 unspecified atom stereocenters. The first-order chi connectivity index (χ1) is 14.5. The van der Waals surface area contributed by atoms with Gasteiger partial charge in [0.2, 0.25) is 0 Å². The number of fused-ring (bicyclic) bond motifs is 1. The van der Waals surface area contributed by atoms with Gasteiger partial charge >= 0.3 is 6.03 Å². The third-order valence-corrected chi connectivity index (χ3v) is 5.48.